The van der Waals surface area contributed by atoms with Gasteiger partial charge in [-0.15, -0.1) is 5.10 Å². The molecule has 1 aromatic heterocycles. The van der Waals surface area contributed by atoms with E-state index < -0.39 is 0 Å². The molecule has 0 spiro atoms. The molecule has 1 aliphatic rings. The monoisotopic (exact) mass is 275 g/mol. The van der Waals surface area contributed by atoms with Crippen molar-refractivity contribution in [1.29, 1.82) is 0 Å². The Morgan fingerprint density at radius 3 is 3.00 bits per heavy atom. The third kappa shape index (κ3) is 2.73. The number of anilines is 1. The fourth-order valence-corrected chi connectivity index (χ4v) is 3.52. The number of benzene rings is 1. The summed E-state index contributed by atoms with van der Waals surface area (Å²) in [5.41, 5.74) is 3.32. The zero-order valence-corrected chi connectivity index (χ0v) is 11.9. The number of hydrogen-bond donors (Lipinski definition) is 1. The van der Waals surface area contributed by atoms with Gasteiger partial charge in [-0.25, -0.2) is 4.68 Å². The van der Waals surface area contributed by atoms with E-state index >= 15 is 0 Å². The maximum absolute atomic E-state index is 3.96. The molecule has 0 bridgehead atoms. The molecule has 2 aromatic rings. The Morgan fingerprint density at radius 1 is 1.42 bits per heavy atom. The first-order valence-corrected chi connectivity index (χ1v) is 7.49. The summed E-state index contributed by atoms with van der Waals surface area (Å²) >= 11 is 2.03. The molecule has 2 unspecified atom stereocenters. The predicted octanol–water partition coefficient (Wildman–Crippen LogP) is 2.28. The van der Waals surface area contributed by atoms with Crippen LogP contribution in [-0.4, -0.2) is 37.3 Å². The van der Waals surface area contributed by atoms with Crippen LogP contribution < -0.4 is 5.32 Å². The molecule has 3 rings (SSSR count). The summed E-state index contributed by atoms with van der Waals surface area (Å²) in [6, 6.07) is 6.89. The van der Waals surface area contributed by atoms with E-state index in [4.69, 9.17) is 0 Å². The molecule has 1 N–H and O–H groups in total. The van der Waals surface area contributed by atoms with Crippen LogP contribution in [0, 0.1) is 6.92 Å². The van der Waals surface area contributed by atoms with Crippen LogP contribution in [0.3, 0.4) is 0 Å². The lowest BCUT2D eigenvalue weighted by molar-refractivity contribution is 0.746. The number of hydrogen-bond acceptors (Lipinski definition) is 5. The average Bonchev–Trinajstić information content (AvgIpc) is 3.03. The van der Waals surface area contributed by atoms with Gasteiger partial charge in [0, 0.05) is 22.7 Å². The second kappa shape index (κ2) is 5.21. The lowest BCUT2D eigenvalue weighted by Crippen LogP contribution is -2.19. The topological polar surface area (TPSA) is 55.6 Å². The van der Waals surface area contributed by atoms with E-state index in [-0.39, 0.29) is 0 Å². The van der Waals surface area contributed by atoms with Gasteiger partial charge in [-0.1, -0.05) is 13.0 Å². The van der Waals surface area contributed by atoms with E-state index in [0.717, 1.165) is 22.2 Å². The van der Waals surface area contributed by atoms with Crippen molar-refractivity contribution in [3.8, 4) is 5.69 Å². The predicted molar refractivity (Wildman–Crippen MR) is 77.8 cm³/mol. The first kappa shape index (κ1) is 12.5. The van der Waals surface area contributed by atoms with Crippen molar-refractivity contribution in [2.24, 2.45) is 0 Å². The second-order valence-corrected chi connectivity index (χ2v) is 6.45. The van der Waals surface area contributed by atoms with E-state index in [0.29, 0.717) is 6.04 Å². The van der Waals surface area contributed by atoms with Gasteiger partial charge in [0.1, 0.15) is 6.33 Å². The minimum Gasteiger partial charge on any atom is -0.381 e. The first-order valence-electron chi connectivity index (χ1n) is 6.44. The highest BCUT2D eigenvalue weighted by Crippen LogP contribution is 2.29. The zero-order chi connectivity index (χ0) is 13.2. The van der Waals surface area contributed by atoms with Crippen LogP contribution in [0.25, 0.3) is 5.69 Å². The van der Waals surface area contributed by atoms with E-state index in [1.54, 1.807) is 11.0 Å². The Bertz CT molecular complexity index is 554. The third-order valence-electron chi connectivity index (χ3n) is 3.37. The van der Waals surface area contributed by atoms with Gasteiger partial charge in [0.25, 0.3) is 0 Å². The van der Waals surface area contributed by atoms with Gasteiger partial charge < -0.3 is 5.32 Å². The van der Waals surface area contributed by atoms with Gasteiger partial charge in [0.05, 0.1) is 5.69 Å². The van der Waals surface area contributed by atoms with Crippen molar-refractivity contribution in [1.82, 2.24) is 20.2 Å². The van der Waals surface area contributed by atoms with Crippen LogP contribution in [0.15, 0.2) is 24.5 Å². The van der Waals surface area contributed by atoms with Crippen LogP contribution in [0.5, 0.6) is 0 Å². The largest absolute Gasteiger partial charge is 0.381 e. The van der Waals surface area contributed by atoms with Gasteiger partial charge in [-0.2, -0.15) is 11.8 Å². The summed E-state index contributed by atoms with van der Waals surface area (Å²) in [4.78, 5) is 0. The number of nitrogens with zero attached hydrogens (tertiary/aromatic N) is 4. The van der Waals surface area contributed by atoms with Crippen molar-refractivity contribution < 1.29 is 0 Å². The number of thioether (sulfide) groups is 1. The minimum atomic E-state index is 0.560. The summed E-state index contributed by atoms with van der Waals surface area (Å²) < 4.78 is 1.70. The molecule has 0 amide bonds. The van der Waals surface area contributed by atoms with Gasteiger partial charge in [0.15, 0.2) is 0 Å². The number of aryl methyl sites for hydroxylation is 1. The summed E-state index contributed by atoms with van der Waals surface area (Å²) in [7, 11) is 0. The van der Waals surface area contributed by atoms with Gasteiger partial charge in [0.2, 0.25) is 0 Å². The molecule has 0 radical (unpaired) electrons. The third-order valence-corrected chi connectivity index (χ3v) is 4.73. The number of nitrogens with one attached hydrogen (secondary N) is 1. The Hall–Kier alpha value is -1.56. The Balaban J connectivity index is 1.81. The number of tetrazole rings is 1. The molecule has 2 heterocycles. The molecule has 1 saturated heterocycles. The lowest BCUT2D eigenvalue weighted by Gasteiger charge is -2.15. The average molecular weight is 275 g/mol. The van der Waals surface area contributed by atoms with Crippen LogP contribution in [-0.2, 0) is 0 Å². The van der Waals surface area contributed by atoms with Crippen LogP contribution in [0.1, 0.15) is 18.9 Å². The van der Waals surface area contributed by atoms with Gasteiger partial charge in [-0.05, 0) is 41.5 Å². The van der Waals surface area contributed by atoms with E-state index in [1.807, 2.05) is 11.8 Å². The van der Waals surface area contributed by atoms with Crippen LogP contribution in [0.4, 0.5) is 5.69 Å². The normalized spacial score (nSPS) is 22.6. The van der Waals surface area contributed by atoms with Crippen LogP contribution in [0.2, 0.25) is 0 Å². The van der Waals surface area contributed by atoms with Crippen LogP contribution >= 0.6 is 11.8 Å². The van der Waals surface area contributed by atoms with E-state index in [9.17, 15) is 0 Å². The van der Waals surface area contributed by atoms with Crippen molar-refractivity contribution in [3.63, 3.8) is 0 Å². The van der Waals surface area contributed by atoms with Crippen molar-refractivity contribution in [2.75, 3.05) is 11.1 Å². The highest BCUT2D eigenvalue weighted by atomic mass is 32.2. The summed E-state index contributed by atoms with van der Waals surface area (Å²) in [5, 5.41) is 15.7. The lowest BCUT2D eigenvalue weighted by atomic mass is 10.1. The fourth-order valence-electron chi connectivity index (χ4n) is 2.37. The SMILES string of the molecule is Cc1ccc(NC2CSC(C)C2)cc1-n1cnnn1. The highest BCUT2D eigenvalue weighted by molar-refractivity contribution is 8.00. The molecule has 1 aliphatic heterocycles. The quantitative estimate of drug-likeness (QED) is 0.931. The first-order chi connectivity index (χ1) is 9.22. The zero-order valence-electron chi connectivity index (χ0n) is 11.1. The summed E-state index contributed by atoms with van der Waals surface area (Å²) in [6.07, 6.45) is 2.85. The molecule has 5 nitrogen and oxygen atoms in total. The molecule has 1 aromatic carbocycles. The van der Waals surface area contributed by atoms with Gasteiger partial charge >= 0.3 is 0 Å². The number of aromatic nitrogens is 4. The van der Waals surface area contributed by atoms with Crippen molar-refractivity contribution in [2.45, 2.75) is 31.6 Å². The minimum absolute atomic E-state index is 0.560. The molecule has 0 aliphatic carbocycles. The molecule has 0 saturated carbocycles. The highest BCUT2D eigenvalue weighted by Gasteiger charge is 2.21. The second-order valence-electron chi connectivity index (χ2n) is 4.98. The van der Waals surface area contributed by atoms with E-state index in [1.165, 1.54) is 12.2 Å². The molecule has 1 fully saturated rings. The maximum atomic E-state index is 3.96. The Kier molecular flexibility index (Phi) is 3.42. The smallest absolute Gasteiger partial charge is 0.143 e. The molecule has 2 atom stereocenters. The summed E-state index contributed by atoms with van der Waals surface area (Å²) in [5.74, 6) is 1.18. The standard InChI is InChI=1S/C13H17N5S/c1-9-3-4-11(15-12-5-10(2)19-7-12)6-13(9)18-8-14-16-17-18/h3-4,6,8,10,12,15H,5,7H2,1-2H3. The Morgan fingerprint density at radius 2 is 2.32 bits per heavy atom. The molecular formula is C13H17N5S. The Labute approximate surface area is 116 Å². The molecular weight excluding hydrogens is 258 g/mol. The molecule has 6 heteroatoms. The van der Waals surface area contributed by atoms with Gasteiger partial charge in [-0.3, -0.25) is 0 Å². The van der Waals surface area contributed by atoms with Crippen molar-refractivity contribution in [3.05, 3.63) is 30.1 Å². The molecule has 100 valence electrons. The molecule has 19 heavy (non-hydrogen) atoms. The number of rotatable bonds is 3. The summed E-state index contributed by atoms with van der Waals surface area (Å²) in [6.45, 7) is 4.35. The maximum Gasteiger partial charge on any atom is 0.143 e. The van der Waals surface area contributed by atoms with Crippen molar-refractivity contribution >= 4 is 17.4 Å². The van der Waals surface area contributed by atoms with E-state index in [2.05, 4.69) is 52.9 Å². The fraction of sp³-hybridized carbons (Fsp3) is 0.462.